The molecular formula is C22H18Cl2N2O3. The summed E-state index contributed by atoms with van der Waals surface area (Å²) in [5.41, 5.74) is 4.47. The molecule has 0 aromatic heterocycles. The van der Waals surface area contributed by atoms with E-state index in [0.717, 1.165) is 5.56 Å². The van der Waals surface area contributed by atoms with E-state index < -0.39 is 0 Å². The molecule has 3 aromatic rings. The molecule has 0 saturated carbocycles. The van der Waals surface area contributed by atoms with Gasteiger partial charge in [0.05, 0.1) is 13.3 Å². The fraction of sp³-hybridized carbons (Fsp3) is 0.0909. The van der Waals surface area contributed by atoms with Crippen LogP contribution < -0.4 is 14.9 Å². The summed E-state index contributed by atoms with van der Waals surface area (Å²) in [7, 11) is 1.54. The van der Waals surface area contributed by atoms with Gasteiger partial charge in [0.1, 0.15) is 18.1 Å². The summed E-state index contributed by atoms with van der Waals surface area (Å²) in [4.78, 5) is 12.2. The summed E-state index contributed by atoms with van der Waals surface area (Å²) in [5.74, 6) is 0.866. The first-order chi connectivity index (χ1) is 14.1. The highest BCUT2D eigenvalue weighted by Gasteiger charge is 2.07. The third kappa shape index (κ3) is 5.73. The highest BCUT2D eigenvalue weighted by Crippen LogP contribution is 2.24. The predicted octanol–water partition coefficient (Wildman–Crippen LogP) is 5.34. The zero-order valence-electron chi connectivity index (χ0n) is 15.6. The summed E-state index contributed by atoms with van der Waals surface area (Å²) in [5, 5.41) is 5.13. The minimum atomic E-state index is -0.341. The van der Waals surface area contributed by atoms with Crippen molar-refractivity contribution in [2.45, 2.75) is 6.61 Å². The highest BCUT2D eigenvalue weighted by atomic mass is 35.5. The lowest BCUT2D eigenvalue weighted by Crippen LogP contribution is -2.17. The van der Waals surface area contributed by atoms with E-state index in [1.165, 1.54) is 6.21 Å². The van der Waals surface area contributed by atoms with Crippen molar-refractivity contribution < 1.29 is 14.3 Å². The number of benzene rings is 3. The normalized spacial score (nSPS) is 10.7. The number of rotatable bonds is 7. The van der Waals surface area contributed by atoms with E-state index in [1.807, 2.05) is 30.3 Å². The van der Waals surface area contributed by atoms with Gasteiger partial charge in [-0.15, -0.1) is 0 Å². The smallest absolute Gasteiger partial charge is 0.271 e. The standard InChI is InChI=1S/C22H18Cl2N2O3/c1-28-19-7-4-6-15(11-19)22(27)26-25-13-16-5-2-3-8-21(16)29-14-17-9-10-18(23)12-20(17)24/h2-13H,14H2,1H3,(H,26,27)/b25-13+. The van der Waals surface area contributed by atoms with E-state index >= 15 is 0 Å². The lowest BCUT2D eigenvalue weighted by molar-refractivity contribution is 0.0954. The van der Waals surface area contributed by atoms with Gasteiger partial charge in [0.25, 0.3) is 5.91 Å². The molecule has 0 spiro atoms. The van der Waals surface area contributed by atoms with Crippen LogP contribution >= 0.6 is 23.2 Å². The van der Waals surface area contributed by atoms with Crippen LogP contribution in [0.3, 0.4) is 0 Å². The number of nitrogens with zero attached hydrogens (tertiary/aromatic N) is 1. The first-order valence-corrected chi connectivity index (χ1v) is 9.45. The summed E-state index contributed by atoms with van der Waals surface area (Å²) < 4.78 is 11.0. The van der Waals surface area contributed by atoms with Crippen LogP contribution in [-0.4, -0.2) is 19.2 Å². The second-order valence-corrected chi connectivity index (χ2v) is 6.84. The van der Waals surface area contributed by atoms with Gasteiger partial charge in [-0.3, -0.25) is 4.79 Å². The molecule has 3 aromatic carbocycles. The molecule has 0 aliphatic rings. The second kappa shape index (κ2) is 9.96. The van der Waals surface area contributed by atoms with Crippen molar-refractivity contribution in [1.82, 2.24) is 5.43 Å². The van der Waals surface area contributed by atoms with Crippen molar-refractivity contribution in [3.05, 3.63) is 93.5 Å². The van der Waals surface area contributed by atoms with Gasteiger partial charge in [-0.05, 0) is 42.5 Å². The van der Waals surface area contributed by atoms with Gasteiger partial charge >= 0.3 is 0 Å². The summed E-state index contributed by atoms with van der Waals surface area (Å²) in [6.45, 7) is 0.275. The lowest BCUT2D eigenvalue weighted by Gasteiger charge is -2.10. The largest absolute Gasteiger partial charge is 0.497 e. The topological polar surface area (TPSA) is 59.9 Å². The number of hydrogen-bond acceptors (Lipinski definition) is 4. The van der Waals surface area contributed by atoms with Gasteiger partial charge in [0.15, 0.2) is 0 Å². The van der Waals surface area contributed by atoms with E-state index in [2.05, 4.69) is 10.5 Å². The molecule has 0 radical (unpaired) electrons. The molecule has 0 heterocycles. The molecule has 1 amide bonds. The van der Waals surface area contributed by atoms with Crippen molar-refractivity contribution >= 4 is 35.3 Å². The predicted molar refractivity (Wildman–Crippen MR) is 115 cm³/mol. The summed E-state index contributed by atoms with van der Waals surface area (Å²) >= 11 is 12.1. The number of hydrogen-bond donors (Lipinski definition) is 1. The Labute approximate surface area is 178 Å². The summed E-state index contributed by atoms with van der Waals surface area (Å²) in [6, 6.07) is 19.4. The van der Waals surface area contributed by atoms with Crippen LogP contribution in [0, 0.1) is 0 Å². The Morgan fingerprint density at radius 3 is 2.69 bits per heavy atom. The fourth-order valence-corrected chi connectivity index (χ4v) is 2.97. The molecule has 5 nitrogen and oxygen atoms in total. The highest BCUT2D eigenvalue weighted by molar-refractivity contribution is 6.35. The number of halogens is 2. The molecule has 1 N–H and O–H groups in total. The third-order valence-electron chi connectivity index (χ3n) is 4.02. The molecule has 3 rings (SSSR count). The number of hydrazone groups is 1. The fourth-order valence-electron chi connectivity index (χ4n) is 2.50. The SMILES string of the molecule is COc1cccc(C(=O)N/N=C/c2ccccc2OCc2ccc(Cl)cc2Cl)c1. The minimum Gasteiger partial charge on any atom is -0.497 e. The first-order valence-electron chi connectivity index (χ1n) is 8.70. The first kappa shape index (κ1) is 20.7. The Balaban J connectivity index is 1.66. The van der Waals surface area contributed by atoms with E-state index in [-0.39, 0.29) is 12.5 Å². The van der Waals surface area contributed by atoms with Crippen molar-refractivity contribution in [1.29, 1.82) is 0 Å². The van der Waals surface area contributed by atoms with Crippen LogP contribution in [0.1, 0.15) is 21.5 Å². The monoisotopic (exact) mass is 428 g/mol. The molecule has 29 heavy (non-hydrogen) atoms. The van der Waals surface area contributed by atoms with E-state index in [9.17, 15) is 4.79 Å². The molecule has 7 heteroatoms. The minimum absolute atomic E-state index is 0.275. The molecule has 0 unspecified atom stereocenters. The summed E-state index contributed by atoms with van der Waals surface area (Å²) in [6.07, 6.45) is 1.52. The number of ether oxygens (including phenoxy) is 2. The molecule has 0 fully saturated rings. The van der Waals surface area contributed by atoms with E-state index in [1.54, 1.807) is 43.5 Å². The number of nitrogens with one attached hydrogen (secondary N) is 1. The van der Waals surface area contributed by atoms with Crippen LogP contribution in [-0.2, 0) is 6.61 Å². The van der Waals surface area contributed by atoms with E-state index in [0.29, 0.717) is 32.7 Å². The Kier molecular flexibility index (Phi) is 7.11. The quantitative estimate of drug-likeness (QED) is 0.407. The number of carbonyl (C=O) groups excluding carboxylic acids is 1. The van der Waals surface area contributed by atoms with Crippen molar-refractivity contribution in [2.75, 3.05) is 7.11 Å². The maximum absolute atomic E-state index is 12.2. The van der Waals surface area contributed by atoms with Gasteiger partial charge in [-0.1, -0.05) is 47.5 Å². The van der Waals surface area contributed by atoms with Crippen LogP contribution in [0.5, 0.6) is 11.5 Å². The molecule has 148 valence electrons. The molecule has 0 aliphatic carbocycles. The molecule has 0 aliphatic heterocycles. The van der Waals surface area contributed by atoms with Gasteiger partial charge in [-0.25, -0.2) is 5.43 Å². The number of methoxy groups -OCH3 is 1. The van der Waals surface area contributed by atoms with Crippen molar-refractivity contribution in [3.63, 3.8) is 0 Å². The van der Waals surface area contributed by atoms with Gasteiger partial charge in [-0.2, -0.15) is 5.10 Å². The van der Waals surface area contributed by atoms with Crippen molar-refractivity contribution in [3.8, 4) is 11.5 Å². The molecule has 0 atom stereocenters. The lowest BCUT2D eigenvalue weighted by atomic mass is 10.2. The van der Waals surface area contributed by atoms with E-state index in [4.69, 9.17) is 32.7 Å². The third-order valence-corrected chi connectivity index (χ3v) is 4.61. The Hall–Kier alpha value is -3.02. The average Bonchev–Trinajstić information content (AvgIpc) is 2.74. The zero-order valence-corrected chi connectivity index (χ0v) is 17.1. The van der Waals surface area contributed by atoms with Gasteiger partial charge in [0, 0.05) is 26.7 Å². The molecular weight excluding hydrogens is 411 g/mol. The number of amides is 1. The maximum atomic E-state index is 12.2. The van der Waals surface area contributed by atoms with Crippen LogP contribution in [0.25, 0.3) is 0 Å². The van der Waals surface area contributed by atoms with Gasteiger partial charge in [0.2, 0.25) is 0 Å². The van der Waals surface area contributed by atoms with Crippen LogP contribution in [0.2, 0.25) is 10.0 Å². The molecule has 0 bridgehead atoms. The Morgan fingerprint density at radius 2 is 1.90 bits per heavy atom. The Morgan fingerprint density at radius 1 is 1.07 bits per heavy atom. The maximum Gasteiger partial charge on any atom is 0.271 e. The van der Waals surface area contributed by atoms with Crippen molar-refractivity contribution in [2.24, 2.45) is 5.10 Å². The van der Waals surface area contributed by atoms with Crippen LogP contribution in [0.15, 0.2) is 71.8 Å². The second-order valence-electron chi connectivity index (χ2n) is 5.99. The Bertz CT molecular complexity index is 1040. The number of carbonyl (C=O) groups is 1. The zero-order chi connectivity index (χ0) is 20.6. The van der Waals surface area contributed by atoms with Crippen LogP contribution in [0.4, 0.5) is 0 Å². The molecule has 0 saturated heterocycles. The number of para-hydroxylation sites is 1. The van der Waals surface area contributed by atoms with Gasteiger partial charge < -0.3 is 9.47 Å². The average molecular weight is 429 g/mol.